The van der Waals surface area contributed by atoms with E-state index in [1.54, 1.807) is 30.3 Å². The summed E-state index contributed by atoms with van der Waals surface area (Å²) in [5.74, 6) is -0.766. The molecule has 0 fully saturated rings. The quantitative estimate of drug-likeness (QED) is 0.934. The Morgan fingerprint density at radius 2 is 1.70 bits per heavy atom. The Kier molecular flexibility index (Phi) is 3.65. The Morgan fingerprint density at radius 1 is 1.05 bits per heavy atom. The summed E-state index contributed by atoms with van der Waals surface area (Å²) >= 11 is 0. The molecule has 2 aromatic rings. The van der Waals surface area contributed by atoms with Crippen molar-refractivity contribution in [2.24, 2.45) is 5.73 Å². The van der Waals surface area contributed by atoms with Gasteiger partial charge in [0.1, 0.15) is 11.5 Å². The molecule has 2 aromatic carbocycles. The van der Waals surface area contributed by atoms with Gasteiger partial charge in [-0.2, -0.15) is 13.2 Å². The molecule has 0 aromatic heterocycles. The predicted molar refractivity (Wildman–Crippen MR) is 66.5 cm³/mol. The first kappa shape index (κ1) is 13.9. The Hall–Kier alpha value is -2.50. The molecule has 2 N–H and O–H groups in total. The fraction of sp³-hybridized carbons (Fsp3) is 0.0714. The molecular weight excluding hydrogens is 271 g/mol. The van der Waals surface area contributed by atoms with Crippen LogP contribution in [0.1, 0.15) is 15.9 Å². The minimum atomic E-state index is -4.52. The molecule has 20 heavy (non-hydrogen) atoms. The van der Waals surface area contributed by atoms with Crippen molar-refractivity contribution < 1.29 is 22.7 Å². The number of nitrogens with two attached hydrogens (primary N) is 1. The topological polar surface area (TPSA) is 52.3 Å². The number of primary amides is 1. The first-order valence-corrected chi connectivity index (χ1v) is 5.62. The number of carbonyl (C=O) groups excluding carboxylic acids is 1. The van der Waals surface area contributed by atoms with Gasteiger partial charge in [0, 0.05) is 0 Å². The third kappa shape index (κ3) is 3.09. The number of hydrogen-bond donors (Lipinski definition) is 1. The molecule has 0 radical (unpaired) electrons. The second kappa shape index (κ2) is 5.24. The van der Waals surface area contributed by atoms with Crippen molar-refractivity contribution in [3.8, 4) is 11.5 Å². The van der Waals surface area contributed by atoms with Gasteiger partial charge in [-0.1, -0.05) is 18.2 Å². The number of benzene rings is 2. The fourth-order valence-corrected chi connectivity index (χ4v) is 1.60. The molecule has 0 saturated heterocycles. The Morgan fingerprint density at radius 3 is 2.25 bits per heavy atom. The highest BCUT2D eigenvalue weighted by atomic mass is 19.4. The molecule has 0 aliphatic carbocycles. The first-order valence-electron chi connectivity index (χ1n) is 5.62. The van der Waals surface area contributed by atoms with Crippen LogP contribution in [0.15, 0.2) is 48.5 Å². The highest BCUT2D eigenvalue weighted by molar-refractivity contribution is 5.95. The third-order valence-electron chi connectivity index (χ3n) is 2.55. The number of ether oxygens (including phenoxy) is 1. The Bertz CT molecular complexity index is 624. The third-order valence-corrected chi connectivity index (χ3v) is 2.55. The minimum Gasteiger partial charge on any atom is -0.457 e. The van der Waals surface area contributed by atoms with Crippen LogP contribution in [0.4, 0.5) is 13.2 Å². The van der Waals surface area contributed by atoms with Gasteiger partial charge >= 0.3 is 6.18 Å². The summed E-state index contributed by atoms with van der Waals surface area (Å²) < 4.78 is 43.3. The largest absolute Gasteiger partial charge is 0.457 e. The van der Waals surface area contributed by atoms with Crippen LogP contribution in [0.3, 0.4) is 0 Å². The minimum absolute atomic E-state index is 0.109. The summed E-state index contributed by atoms with van der Waals surface area (Å²) in [4.78, 5) is 11.2. The van der Waals surface area contributed by atoms with E-state index in [4.69, 9.17) is 10.5 Å². The van der Waals surface area contributed by atoms with Crippen LogP contribution >= 0.6 is 0 Å². The first-order chi connectivity index (χ1) is 9.38. The van der Waals surface area contributed by atoms with Gasteiger partial charge in [0.15, 0.2) is 0 Å². The molecular formula is C14H10F3NO2. The molecule has 0 atom stereocenters. The van der Waals surface area contributed by atoms with E-state index in [9.17, 15) is 18.0 Å². The maximum absolute atomic E-state index is 12.7. The van der Waals surface area contributed by atoms with E-state index in [0.717, 1.165) is 18.2 Å². The van der Waals surface area contributed by atoms with Crippen molar-refractivity contribution in [3.05, 3.63) is 59.7 Å². The van der Waals surface area contributed by atoms with Gasteiger partial charge in [0.25, 0.3) is 5.91 Å². The van der Waals surface area contributed by atoms with Crippen LogP contribution in [-0.2, 0) is 6.18 Å². The number of halogens is 3. The molecule has 2 rings (SSSR count). The second-order valence-corrected chi connectivity index (χ2v) is 3.99. The summed E-state index contributed by atoms with van der Waals surface area (Å²) in [6.07, 6.45) is -4.52. The van der Waals surface area contributed by atoms with E-state index < -0.39 is 17.6 Å². The van der Waals surface area contributed by atoms with Gasteiger partial charge < -0.3 is 10.5 Å². The van der Waals surface area contributed by atoms with Crippen molar-refractivity contribution in [2.75, 3.05) is 0 Å². The lowest BCUT2D eigenvalue weighted by molar-refractivity contribution is -0.137. The summed E-state index contributed by atoms with van der Waals surface area (Å²) in [5, 5.41) is 0. The number of hydrogen-bond acceptors (Lipinski definition) is 2. The zero-order chi connectivity index (χ0) is 14.8. The number of carbonyl (C=O) groups is 1. The van der Waals surface area contributed by atoms with E-state index in [2.05, 4.69) is 0 Å². The smallest absolute Gasteiger partial charge is 0.416 e. The van der Waals surface area contributed by atoms with Crippen molar-refractivity contribution in [3.63, 3.8) is 0 Å². The Balaban J connectivity index is 2.45. The Labute approximate surface area is 112 Å². The molecule has 3 nitrogen and oxygen atoms in total. The molecule has 104 valence electrons. The van der Waals surface area contributed by atoms with Gasteiger partial charge in [-0.25, -0.2) is 0 Å². The highest BCUT2D eigenvalue weighted by Gasteiger charge is 2.31. The van der Waals surface area contributed by atoms with Crippen LogP contribution < -0.4 is 10.5 Å². The number of para-hydroxylation sites is 1. The van der Waals surface area contributed by atoms with Crippen LogP contribution in [0.5, 0.6) is 11.5 Å². The average Bonchev–Trinajstić information content (AvgIpc) is 2.38. The van der Waals surface area contributed by atoms with Gasteiger partial charge in [0.2, 0.25) is 0 Å². The van der Waals surface area contributed by atoms with Crippen molar-refractivity contribution >= 4 is 5.91 Å². The lowest BCUT2D eigenvalue weighted by atomic mass is 10.1. The van der Waals surface area contributed by atoms with Crippen LogP contribution in [0, 0.1) is 0 Å². The number of alkyl halides is 3. The zero-order valence-corrected chi connectivity index (χ0v) is 10.1. The normalized spacial score (nSPS) is 11.2. The molecule has 0 bridgehead atoms. The lowest BCUT2D eigenvalue weighted by Crippen LogP contribution is -2.14. The van der Waals surface area contributed by atoms with E-state index >= 15 is 0 Å². The summed E-state index contributed by atoms with van der Waals surface area (Å²) in [6, 6.07) is 10.7. The fourth-order valence-electron chi connectivity index (χ4n) is 1.60. The predicted octanol–water partition coefficient (Wildman–Crippen LogP) is 3.60. The average molecular weight is 281 g/mol. The van der Waals surface area contributed by atoms with E-state index in [-0.39, 0.29) is 11.3 Å². The van der Waals surface area contributed by atoms with Crippen LogP contribution in [0.25, 0.3) is 0 Å². The standard InChI is InChI=1S/C14H10F3NO2/c15-14(16,17)9-6-7-11(13(18)19)12(8-9)20-10-4-2-1-3-5-10/h1-8H,(H2,18,19). The van der Waals surface area contributed by atoms with Crippen molar-refractivity contribution in [2.45, 2.75) is 6.18 Å². The highest BCUT2D eigenvalue weighted by Crippen LogP contribution is 2.34. The molecule has 0 saturated carbocycles. The monoisotopic (exact) mass is 281 g/mol. The van der Waals surface area contributed by atoms with Crippen LogP contribution in [0.2, 0.25) is 0 Å². The number of amides is 1. The maximum Gasteiger partial charge on any atom is 0.416 e. The molecule has 6 heteroatoms. The SMILES string of the molecule is NC(=O)c1ccc(C(F)(F)F)cc1Oc1ccccc1. The summed E-state index contributed by atoms with van der Waals surface area (Å²) in [5.41, 5.74) is 4.11. The maximum atomic E-state index is 12.7. The zero-order valence-electron chi connectivity index (χ0n) is 10.1. The van der Waals surface area contributed by atoms with Crippen molar-refractivity contribution in [1.82, 2.24) is 0 Å². The van der Waals surface area contributed by atoms with Gasteiger partial charge in [-0.15, -0.1) is 0 Å². The van der Waals surface area contributed by atoms with Crippen molar-refractivity contribution in [1.29, 1.82) is 0 Å². The molecule has 0 heterocycles. The van der Waals surface area contributed by atoms with E-state index in [0.29, 0.717) is 5.75 Å². The van der Waals surface area contributed by atoms with Gasteiger partial charge in [-0.05, 0) is 30.3 Å². The van der Waals surface area contributed by atoms with E-state index in [1.807, 2.05) is 0 Å². The molecule has 1 amide bonds. The lowest BCUT2D eigenvalue weighted by Gasteiger charge is -2.12. The molecule has 0 unspecified atom stereocenters. The molecule has 0 aliphatic rings. The number of rotatable bonds is 3. The van der Waals surface area contributed by atoms with Gasteiger partial charge in [0.05, 0.1) is 11.1 Å². The van der Waals surface area contributed by atoms with Gasteiger partial charge in [-0.3, -0.25) is 4.79 Å². The second-order valence-electron chi connectivity index (χ2n) is 3.99. The molecule has 0 spiro atoms. The van der Waals surface area contributed by atoms with Crippen LogP contribution in [-0.4, -0.2) is 5.91 Å². The van der Waals surface area contributed by atoms with E-state index in [1.165, 1.54) is 0 Å². The summed E-state index contributed by atoms with van der Waals surface area (Å²) in [6.45, 7) is 0. The molecule has 0 aliphatic heterocycles. The summed E-state index contributed by atoms with van der Waals surface area (Å²) in [7, 11) is 0.